The van der Waals surface area contributed by atoms with Crippen LogP contribution >= 0.6 is 0 Å². The van der Waals surface area contributed by atoms with E-state index in [1.165, 1.54) is 48.5 Å². The first-order valence-corrected chi connectivity index (χ1v) is 12.2. The summed E-state index contributed by atoms with van der Waals surface area (Å²) in [7, 11) is -11.9. The van der Waals surface area contributed by atoms with Crippen LogP contribution in [0.15, 0.2) is 61.2 Å². The molecule has 0 aliphatic carbocycles. The van der Waals surface area contributed by atoms with Gasteiger partial charge in [0.25, 0.3) is 10.0 Å². The monoisotopic (exact) mass is 525 g/mol. The molecule has 0 aromatic heterocycles. The molecule has 2 aromatic rings. The lowest BCUT2D eigenvalue weighted by molar-refractivity contribution is -0.165. The van der Waals surface area contributed by atoms with Crippen molar-refractivity contribution >= 4 is 32.4 Å². The van der Waals surface area contributed by atoms with Crippen molar-refractivity contribution in [2.45, 2.75) is 24.2 Å². The number of benzene rings is 2. The Morgan fingerprint density at radius 1 is 1.00 bits per heavy atom. The van der Waals surface area contributed by atoms with Gasteiger partial charge >= 0.3 is 27.5 Å². The standard InChI is InChI=1S/C20H19F4NO7S2/c1-2-15-7-6-8-16(13-15)14-32-34(29,30)25-33(27,28)20(23,24)19(21,22)11-12-31-18(26)17-9-4-3-5-10-17/h2-10,13,25H,1,11-12,14H2. The smallest absolute Gasteiger partial charge is 0.421 e. The zero-order chi connectivity index (χ0) is 25.6. The van der Waals surface area contributed by atoms with Gasteiger partial charge in [0.05, 0.1) is 25.2 Å². The van der Waals surface area contributed by atoms with E-state index < -0.39 is 57.1 Å². The van der Waals surface area contributed by atoms with Crippen LogP contribution in [-0.2, 0) is 35.9 Å². The molecule has 0 fully saturated rings. The molecule has 2 aromatic carbocycles. The summed E-state index contributed by atoms with van der Waals surface area (Å²) in [5.41, 5.74) is 0.712. The van der Waals surface area contributed by atoms with E-state index in [2.05, 4.69) is 15.5 Å². The third kappa shape index (κ3) is 6.85. The van der Waals surface area contributed by atoms with Gasteiger partial charge in [-0.25, -0.2) is 13.2 Å². The Morgan fingerprint density at radius 3 is 2.26 bits per heavy atom. The van der Waals surface area contributed by atoms with Crippen LogP contribution < -0.4 is 4.13 Å². The number of sulfonamides is 1. The summed E-state index contributed by atoms with van der Waals surface area (Å²) in [6.07, 6.45) is -0.491. The zero-order valence-corrected chi connectivity index (χ0v) is 18.9. The molecule has 0 spiro atoms. The third-order valence-corrected chi connectivity index (χ3v) is 7.30. The van der Waals surface area contributed by atoms with Gasteiger partial charge in [0.15, 0.2) is 0 Å². The third-order valence-electron chi connectivity index (χ3n) is 4.20. The molecule has 0 heterocycles. The number of hydrogen-bond donors (Lipinski definition) is 1. The van der Waals surface area contributed by atoms with Gasteiger partial charge in [-0.15, -0.1) is 0 Å². The Labute approximate surface area is 193 Å². The Morgan fingerprint density at radius 2 is 1.65 bits per heavy atom. The van der Waals surface area contributed by atoms with Crippen molar-refractivity contribution in [2.24, 2.45) is 0 Å². The van der Waals surface area contributed by atoms with Gasteiger partial charge in [-0.05, 0) is 29.3 Å². The number of rotatable bonds is 12. The van der Waals surface area contributed by atoms with Crippen LogP contribution in [0.1, 0.15) is 27.9 Å². The molecule has 0 atom stereocenters. The number of hydrogen-bond acceptors (Lipinski definition) is 7. The van der Waals surface area contributed by atoms with Crippen LogP contribution in [-0.4, -0.2) is 40.6 Å². The van der Waals surface area contributed by atoms with Gasteiger partial charge in [-0.2, -0.15) is 26.0 Å². The Bertz CT molecular complexity index is 1230. The molecule has 0 unspecified atom stereocenters. The fourth-order valence-corrected chi connectivity index (χ4v) is 4.91. The molecule has 34 heavy (non-hydrogen) atoms. The molecule has 14 heteroatoms. The molecule has 0 aliphatic rings. The number of esters is 1. The van der Waals surface area contributed by atoms with Gasteiger partial charge in [0, 0.05) is 0 Å². The van der Waals surface area contributed by atoms with E-state index in [1.807, 2.05) is 0 Å². The summed E-state index contributed by atoms with van der Waals surface area (Å²) in [5, 5.41) is -5.89. The minimum Gasteiger partial charge on any atom is -0.462 e. The maximum Gasteiger partial charge on any atom is 0.421 e. The predicted octanol–water partition coefficient (Wildman–Crippen LogP) is 3.49. The number of carbonyl (C=O) groups excluding carboxylic acids is 1. The fraction of sp³-hybridized carbons (Fsp3) is 0.250. The Hall–Kier alpha value is -2.81. The SMILES string of the molecule is C=Cc1cccc(COS(=O)(=O)NS(=O)(=O)C(F)(F)C(F)(F)CCOC(=O)c2ccccc2)c1. The lowest BCUT2D eigenvalue weighted by Crippen LogP contribution is -2.53. The van der Waals surface area contributed by atoms with E-state index in [4.69, 9.17) is 0 Å². The molecule has 0 radical (unpaired) electrons. The van der Waals surface area contributed by atoms with Crippen LogP contribution in [0.3, 0.4) is 0 Å². The van der Waals surface area contributed by atoms with E-state index in [0.717, 1.165) is 0 Å². The molecule has 2 rings (SSSR count). The van der Waals surface area contributed by atoms with E-state index in [-0.39, 0.29) is 11.1 Å². The number of nitrogens with one attached hydrogen (secondary N) is 1. The van der Waals surface area contributed by atoms with Crippen molar-refractivity contribution in [1.82, 2.24) is 4.13 Å². The van der Waals surface area contributed by atoms with Crippen molar-refractivity contribution in [3.8, 4) is 0 Å². The van der Waals surface area contributed by atoms with Crippen molar-refractivity contribution in [3.05, 3.63) is 77.9 Å². The first kappa shape index (κ1) is 27.4. The summed E-state index contributed by atoms with van der Waals surface area (Å²) in [6, 6.07) is 12.9. The van der Waals surface area contributed by atoms with E-state index >= 15 is 0 Å². The highest BCUT2D eigenvalue weighted by Gasteiger charge is 2.66. The average Bonchev–Trinajstić information content (AvgIpc) is 2.77. The summed E-state index contributed by atoms with van der Waals surface area (Å²) in [5.74, 6) is -6.40. The Balaban J connectivity index is 2.03. The average molecular weight is 525 g/mol. The molecule has 0 saturated carbocycles. The maximum atomic E-state index is 14.1. The van der Waals surface area contributed by atoms with Crippen LogP contribution in [0.5, 0.6) is 0 Å². The fourth-order valence-electron chi connectivity index (χ4n) is 2.44. The van der Waals surface area contributed by atoms with Gasteiger partial charge in [-0.1, -0.05) is 53.2 Å². The number of alkyl halides is 4. The maximum absolute atomic E-state index is 14.1. The quantitative estimate of drug-likeness (QED) is 0.333. The van der Waals surface area contributed by atoms with Crippen LogP contribution in [0, 0.1) is 0 Å². The second-order valence-electron chi connectivity index (χ2n) is 6.73. The molecule has 0 amide bonds. The lowest BCUT2D eigenvalue weighted by atomic mass is 10.1. The van der Waals surface area contributed by atoms with Crippen molar-refractivity contribution in [3.63, 3.8) is 0 Å². The summed E-state index contributed by atoms with van der Waals surface area (Å²) in [4.78, 5) is 11.7. The van der Waals surface area contributed by atoms with Crippen molar-refractivity contribution in [1.29, 1.82) is 0 Å². The molecule has 186 valence electrons. The minimum absolute atomic E-state index is 0.0475. The zero-order valence-electron chi connectivity index (χ0n) is 17.3. The van der Waals surface area contributed by atoms with E-state index in [0.29, 0.717) is 9.69 Å². The van der Waals surface area contributed by atoms with Gasteiger partial charge < -0.3 is 4.74 Å². The molecule has 0 bridgehead atoms. The minimum atomic E-state index is -6.50. The number of carbonyl (C=O) groups is 1. The topological polar surface area (TPSA) is 116 Å². The molecule has 0 aliphatic heterocycles. The lowest BCUT2D eigenvalue weighted by Gasteiger charge is -2.25. The van der Waals surface area contributed by atoms with Gasteiger partial charge in [0.1, 0.15) is 0 Å². The second-order valence-corrected chi connectivity index (χ2v) is 10.1. The first-order valence-electron chi connectivity index (χ1n) is 9.32. The highest BCUT2D eigenvalue weighted by molar-refractivity contribution is 8.03. The summed E-state index contributed by atoms with van der Waals surface area (Å²) in [6.45, 7) is 1.45. The Kier molecular flexibility index (Phi) is 8.58. The van der Waals surface area contributed by atoms with Gasteiger partial charge in [0.2, 0.25) is 0 Å². The van der Waals surface area contributed by atoms with Crippen molar-refractivity contribution < 1.29 is 48.1 Å². The molecule has 0 saturated heterocycles. The summed E-state index contributed by atoms with van der Waals surface area (Å²) >= 11 is 0. The van der Waals surface area contributed by atoms with E-state index in [9.17, 15) is 39.2 Å². The first-order chi connectivity index (χ1) is 15.7. The normalized spacial score (nSPS) is 12.8. The largest absolute Gasteiger partial charge is 0.462 e. The van der Waals surface area contributed by atoms with Gasteiger partial charge in [-0.3, -0.25) is 4.18 Å². The molecule has 8 nitrogen and oxygen atoms in total. The molecule has 1 N–H and O–H groups in total. The predicted molar refractivity (Wildman–Crippen MR) is 114 cm³/mol. The number of halogens is 4. The van der Waals surface area contributed by atoms with Crippen LogP contribution in [0.4, 0.5) is 17.6 Å². The number of ether oxygens (including phenoxy) is 1. The second kappa shape index (κ2) is 10.6. The highest BCUT2D eigenvalue weighted by atomic mass is 32.3. The molecular weight excluding hydrogens is 506 g/mol. The van der Waals surface area contributed by atoms with E-state index in [1.54, 1.807) is 12.1 Å². The molecular formula is C20H19F4NO7S2. The van der Waals surface area contributed by atoms with Crippen molar-refractivity contribution in [2.75, 3.05) is 6.61 Å². The summed E-state index contributed by atoms with van der Waals surface area (Å²) < 4.78 is 113. The van der Waals surface area contributed by atoms with Crippen LogP contribution in [0.2, 0.25) is 0 Å². The highest BCUT2D eigenvalue weighted by Crippen LogP contribution is 2.41. The van der Waals surface area contributed by atoms with Crippen LogP contribution in [0.25, 0.3) is 6.08 Å².